The predicted molar refractivity (Wildman–Crippen MR) is 75.5 cm³/mol. The van der Waals surface area contributed by atoms with E-state index in [0.717, 1.165) is 0 Å². The Morgan fingerprint density at radius 1 is 1.38 bits per heavy atom. The lowest BCUT2D eigenvalue weighted by molar-refractivity contribution is -0.152. The summed E-state index contributed by atoms with van der Waals surface area (Å²) in [6.07, 6.45) is 0.681. The Kier molecular flexibility index (Phi) is 5.11. The van der Waals surface area contributed by atoms with Gasteiger partial charge in [-0.25, -0.2) is 14.2 Å². The number of pyridine rings is 1. The van der Waals surface area contributed by atoms with Crippen LogP contribution < -0.4 is 4.74 Å². The van der Waals surface area contributed by atoms with E-state index in [-0.39, 0.29) is 12.4 Å². The largest absolute Gasteiger partial charge is 0.479 e. The molecule has 4 nitrogen and oxygen atoms in total. The molecule has 1 atom stereocenters. The highest BCUT2D eigenvalue weighted by atomic mass is 35.5. The Hall–Kier alpha value is -2.14. The molecule has 0 saturated heterocycles. The number of benzene rings is 1. The molecule has 1 unspecified atom stereocenters. The Bertz CT molecular complexity index is 619. The molecule has 0 fully saturated rings. The summed E-state index contributed by atoms with van der Waals surface area (Å²) in [6.45, 7) is 1.60. The average molecular weight is 310 g/mol. The molecule has 0 bridgehead atoms. The zero-order valence-electron chi connectivity index (χ0n) is 11.3. The van der Waals surface area contributed by atoms with Crippen molar-refractivity contribution in [2.75, 3.05) is 0 Å². The molecular weight excluding hydrogens is 297 g/mol. The molecule has 0 aliphatic rings. The highest BCUT2D eigenvalue weighted by Gasteiger charge is 2.16. The number of carbonyl (C=O) groups excluding carboxylic acids is 1. The first kappa shape index (κ1) is 15.3. The molecule has 2 aromatic rings. The van der Waals surface area contributed by atoms with Crippen LogP contribution in [-0.2, 0) is 16.1 Å². The zero-order valence-corrected chi connectivity index (χ0v) is 12.0. The second-order valence-electron chi connectivity index (χ2n) is 4.31. The van der Waals surface area contributed by atoms with Crippen molar-refractivity contribution in [3.63, 3.8) is 0 Å². The minimum Gasteiger partial charge on any atom is -0.479 e. The van der Waals surface area contributed by atoms with Gasteiger partial charge in [0.2, 0.25) is 0 Å². The summed E-state index contributed by atoms with van der Waals surface area (Å²) in [7, 11) is 0. The maximum atomic E-state index is 13.0. The summed E-state index contributed by atoms with van der Waals surface area (Å²) >= 11 is 5.66. The van der Waals surface area contributed by atoms with E-state index in [1.54, 1.807) is 18.2 Å². The molecule has 0 aliphatic heterocycles. The smallest absolute Gasteiger partial charge is 0.347 e. The predicted octanol–water partition coefficient (Wildman–Crippen LogP) is 3.38. The van der Waals surface area contributed by atoms with Gasteiger partial charge < -0.3 is 9.47 Å². The van der Waals surface area contributed by atoms with Gasteiger partial charge in [-0.2, -0.15) is 0 Å². The number of hydrogen-bond donors (Lipinski definition) is 0. The molecule has 0 radical (unpaired) electrons. The molecule has 6 heteroatoms. The number of halogens is 2. The molecule has 0 amide bonds. The number of hydrogen-bond acceptors (Lipinski definition) is 4. The topological polar surface area (TPSA) is 48.4 Å². The molecule has 0 N–H and O–H groups in total. The van der Waals surface area contributed by atoms with Crippen molar-refractivity contribution < 1.29 is 18.7 Å². The van der Waals surface area contributed by atoms with E-state index in [9.17, 15) is 9.18 Å². The number of carbonyl (C=O) groups is 1. The number of ether oxygens (including phenoxy) is 2. The normalized spacial score (nSPS) is 11.8. The minimum atomic E-state index is -0.841. The summed E-state index contributed by atoms with van der Waals surface area (Å²) in [6, 6.07) is 8.88. The van der Waals surface area contributed by atoms with Gasteiger partial charge in [0.25, 0.3) is 0 Å². The molecule has 1 heterocycles. The molecular formula is C15H13ClFNO3. The van der Waals surface area contributed by atoms with Gasteiger partial charge in [0.05, 0.1) is 0 Å². The van der Waals surface area contributed by atoms with Gasteiger partial charge in [-0.1, -0.05) is 23.7 Å². The van der Waals surface area contributed by atoms with Crippen LogP contribution in [0, 0.1) is 5.82 Å². The number of aromatic nitrogens is 1. The lowest BCUT2D eigenvalue weighted by atomic mass is 10.3. The van der Waals surface area contributed by atoms with Crippen LogP contribution in [0.25, 0.3) is 0 Å². The van der Waals surface area contributed by atoms with Crippen LogP contribution in [0.3, 0.4) is 0 Å². The Balaban J connectivity index is 1.86. The quantitative estimate of drug-likeness (QED) is 0.627. The zero-order chi connectivity index (χ0) is 15.2. The van der Waals surface area contributed by atoms with Crippen LogP contribution in [0.1, 0.15) is 12.5 Å². The van der Waals surface area contributed by atoms with E-state index in [4.69, 9.17) is 21.1 Å². The molecule has 0 saturated carbocycles. The number of esters is 1. The van der Waals surface area contributed by atoms with Crippen molar-refractivity contribution in [2.45, 2.75) is 19.6 Å². The monoisotopic (exact) mass is 309 g/mol. The second-order valence-corrected chi connectivity index (χ2v) is 4.70. The fraction of sp³-hybridized carbons (Fsp3) is 0.200. The molecule has 2 rings (SSSR count). The molecule has 0 spiro atoms. The summed E-state index contributed by atoms with van der Waals surface area (Å²) in [5, 5.41) is 0.368. The number of nitrogens with zero attached hydrogens (tertiary/aromatic N) is 1. The third-order valence-corrected chi connectivity index (χ3v) is 2.83. The lowest BCUT2D eigenvalue weighted by Crippen LogP contribution is -2.26. The van der Waals surface area contributed by atoms with Gasteiger partial charge in [0, 0.05) is 17.8 Å². The maximum Gasteiger partial charge on any atom is 0.347 e. The first-order valence-corrected chi connectivity index (χ1v) is 6.61. The lowest BCUT2D eigenvalue weighted by Gasteiger charge is -2.14. The van der Waals surface area contributed by atoms with Crippen molar-refractivity contribution in [3.05, 3.63) is 59.1 Å². The van der Waals surface area contributed by atoms with Crippen molar-refractivity contribution in [3.8, 4) is 5.75 Å². The molecule has 21 heavy (non-hydrogen) atoms. The highest BCUT2D eigenvalue weighted by molar-refractivity contribution is 6.29. The van der Waals surface area contributed by atoms with E-state index in [1.807, 2.05) is 0 Å². The molecule has 0 aliphatic carbocycles. The standard InChI is InChI=1S/C15H13ClFNO3/c1-10(21-13-4-2-3-12(17)7-13)15(19)20-9-11-5-6-14(16)18-8-11/h2-8,10H,9H2,1H3. The van der Waals surface area contributed by atoms with Gasteiger partial charge >= 0.3 is 5.97 Å². The van der Waals surface area contributed by atoms with Crippen LogP contribution in [0.15, 0.2) is 42.6 Å². The summed E-state index contributed by atoms with van der Waals surface area (Å²) < 4.78 is 23.4. The summed E-state index contributed by atoms with van der Waals surface area (Å²) in [4.78, 5) is 15.7. The average Bonchev–Trinajstić information content (AvgIpc) is 2.46. The SMILES string of the molecule is CC(Oc1cccc(F)c1)C(=O)OCc1ccc(Cl)nc1. The minimum absolute atomic E-state index is 0.0693. The van der Waals surface area contributed by atoms with Crippen LogP contribution >= 0.6 is 11.6 Å². The van der Waals surface area contributed by atoms with Crippen LogP contribution in [0.4, 0.5) is 4.39 Å². The Morgan fingerprint density at radius 3 is 2.86 bits per heavy atom. The van der Waals surface area contributed by atoms with E-state index in [0.29, 0.717) is 10.7 Å². The maximum absolute atomic E-state index is 13.0. The van der Waals surface area contributed by atoms with Crippen molar-refractivity contribution in [1.29, 1.82) is 0 Å². The Morgan fingerprint density at radius 2 is 2.19 bits per heavy atom. The first-order valence-electron chi connectivity index (χ1n) is 6.24. The van der Waals surface area contributed by atoms with Gasteiger partial charge in [-0.05, 0) is 25.1 Å². The second kappa shape index (κ2) is 7.04. The van der Waals surface area contributed by atoms with Crippen LogP contribution in [-0.4, -0.2) is 17.1 Å². The van der Waals surface area contributed by atoms with Crippen molar-refractivity contribution >= 4 is 17.6 Å². The summed E-state index contributed by atoms with van der Waals surface area (Å²) in [5.41, 5.74) is 0.714. The van der Waals surface area contributed by atoms with Gasteiger partial charge in [0.15, 0.2) is 6.10 Å². The first-order chi connectivity index (χ1) is 10.0. The van der Waals surface area contributed by atoms with E-state index < -0.39 is 17.9 Å². The third kappa shape index (κ3) is 4.72. The molecule has 1 aromatic heterocycles. The van der Waals surface area contributed by atoms with Crippen molar-refractivity contribution in [2.24, 2.45) is 0 Å². The van der Waals surface area contributed by atoms with Crippen molar-refractivity contribution in [1.82, 2.24) is 4.98 Å². The fourth-order valence-electron chi connectivity index (χ4n) is 1.56. The molecule has 1 aromatic carbocycles. The van der Waals surface area contributed by atoms with Crippen LogP contribution in [0.2, 0.25) is 5.15 Å². The number of rotatable bonds is 5. The Labute approximate surface area is 126 Å². The van der Waals surface area contributed by atoms with Gasteiger partial charge in [-0.3, -0.25) is 0 Å². The van der Waals surface area contributed by atoms with Crippen LogP contribution in [0.5, 0.6) is 5.75 Å². The van der Waals surface area contributed by atoms with Gasteiger partial charge in [0.1, 0.15) is 23.3 Å². The highest BCUT2D eigenvalue weighted by Crippen LogP contribution is 2.14. The van der Waals surface area contributed by atoms with Gasteiger partial charge in [-0.15, -0.1) is 0 Å². The fourth-order valence-corrected chi connectivity index (χ4v) is 1.67. The van der Waals surface area contributed by atoms with E-state index >= 15 is 0 Å². The van der Waals surface area contributed by atoms with E-state index in [1.165, 1.54) is 31.3 Å². The molecule has 110 valence electrons. The third-order valence-electron chi connectivity index (χ3n) is 2.61. The summed E-state index contributed by atoms with van der Waals surface area (Å²) in [5.74, 6) is -0.706. The van der Waals surface area contributed by atoms with E-state index in [2.05, 4.69) is 4.98 Å².